The van der Waals surface area contributed by atoms with Crippen LogP contribution >= 0.6 is 0 Å². The number of hydrogen-bond acceptors (Lipinski definition) is 0. The van der Waals surface area contributed by atoms with Crippen molar-refractivity contribution in [3.8, 4) is 0 Å². The first-order chi connectivity index (χ1) is 14.4. The van der Waals surface area contributed by atoms with E-state index >= 15 is 0 Å². The van der Waals surface area contributed by atoms with E-state index in [4.69, 9.17) is 0 Å². The van der Waals surface area contributed by atoms with Gasteiger partial charge in [0.25, 0.3) is 0 Å². The second kappa shape index (κ2) is 7.50. The predicted octanol–water partition coefficient (Wildman–Crippen LogP) is 8.92. The Morgan fingerprint density at radius 3 is 0.935 bits per heavy atom. The lowest BCUT2D eigenvalue weighted by Crippen LogP contribution is -2.15. The second-order valence-corrected chi connectivity index (χ2v) is 11.4. The summed E-state index contributed by atoms with van der Waals surface area (Å²) >= 11 is 0. The van der Waals surface area contributed by atoms with Crippen LogP contribution in [0.15, 0.2) is 0 Å². The van der Waals surface area contributed by atoms with E-state index in [2.05, 4.69) is 83.1 Å². The Morgan fingerprint density at radius 1 is 0.387 bits per heavy atom. The molecule has 0 saturated carbocycles. The molecule has 0 radical (unpaired) electrons. The van der Waals surface area contributed by atoms with Crippen LogP contribution < -0.4 is 0 Å². The molecular formula is C31H44. The fourth-order valence-electron chi connectivity index (χ4n) is 7.56. The van der Waals surface area contributed by atoms with Gasteiger partial charge in [-0.3, -0.25) is 0 Å². The lowest BCUT2D eigenvalue weighted by atomic mass is 9.75. The highest BCUT2D eigenvalue weighted by atomic mass is 14.5. The molecule has 4 rings (SSSR count). The maximum Gasteiger partial charge on any atom is -0.0119 e. The summed E-state index contributed by atoms with van der Waals surface area (Å²) in [6, 6.07) is 0. The minimum absolute atomic E-state index is 0.661. The van der Waals surface area contributed by atoms with Gasteiger partial charge in [-0.1, -0.05) is 27.7 Å². The number of benzene rings is 2. The first-order valence-electron chi connectivity index (χ1n) is 12.6. The van der Waals surface area contributed by atoms with Crippen molar-refractivity contribution in [3.05, 3.63) is 66.8 Å². The average molecular weight is 417 g/mol. The van der Waals surface area contributed by atoms with Gasteiger partial charge in [0, 0.05) is 0 Å². The van der Waals surface area contributed by atoms with Crippen LogP contribution in [0.2, 0.25) is 0 Å². The number of hydrogen-bond donors (Lipinski definition) is 0. The van der Waals surface area contributed by atoms with E-state index in [1.54, 1.807) is 44.5 Å². The largest absolute Gasteiger partial charge is 0.0613 e. The van der Waals surface area contributed by atoms with Gasteiger partial charge in [0.1, 0.15) is 0 Å². The Bertz CT molecular complexity index is 981. The minimum Gasteiger partial charge on any atom is -0.0613 e. The molecule has 0 bridgehead atoms. The molecule has 0 heterocycles. The van der Waals surface area contributed by atoms with E-state index in [1.165, 1.54) is 28.7 Å². The lowest BCUT2D eigenvalue weighted by Gasteiger charge is -2.29. The van der Waals surface area contributed by atoms with Crippen LogP contribution in [0.3, 0.4) is 0 Å². The van der Waals surface area contributed by atoms with E-state index in [9.17, 15) is 0 Å². The molecule has 0 fully saturated rings. The summed E-state index contributed by atoms with van der Waals surface area (Å²) in [7, 11) is 0. The standard InChI is InChI=1S/C31H44/c1-14-16(3)22(9)30-26(18(5)24(11)28(30)20(14)7)13-27-19(6)25(12)29-21(8)15(2)17(4)23(10)31(27)29/h18-19,24-27H,13H2,1-12H3. The highest BCUT2D eigenvalue weighted by Crippen LogP contribution is 2.58. The van der Waals surface area contributed by atoms with Crippen molar-refractivity contribution in [2.24, 2.45) is 11.8 Å². The number of fused-ring (bicyclic) bond motifs is 2. The number of rotatable bonds is 2. The van der Waals surface area contributed by atoms with Crippen LogP contribution in [-0.4, -0.2) is 0 Å². The molecule has 0 saturated heterocycles. The summed E-state index contributed by atoms with van der Waals surface area (Å²) in [4.78, 5) is 0. The van der Waals surface area contributed by atoms with Gasteiger partial charge in [0.15, 0.2) is 0 Å². The second-order valence-electron chi connectivity index (χ2n) is 11.4. The Kier molecular flexibility index (Phi) is 5.47. The van der Waals surface area contributed by atoms with Gasteiger partial charge >= 0.3 is 0 Å². The average Bonchev–Trinajstić information content (AvgIpc) is 3.13. The Labute approximate surface area is 191 Å². The Hall–Kier alpha value is -1.56. The van der Waals surface area contributed by atoms with Gasteiger partial charge in [-0.05, 0) is 164 Å². The van der Waals surface area contributed by atoms with E-state index in [0.29, 0.717) is 35.5 Å². The molecule has 168 valence electrons. The summed E-state index contributed by atoms with van der Waals surface area (Å²) in [5, 5.41) is 0. The molecule has 0 heteroatoms. The van der Waals surface area contributed by atoms with Gasteiger partial charge in [0.05, 0.1) is 0 Å². The lowest BCUT2D eigenvalue weighted by molar-refractivity contribution is 0.342. The van der Waals surface area contributed by atoms with Gasteiger partial charge < -0.3 is 0 Å². The fraction of sp³-hybridized carbons (Fsp3) is 0.613. The molecular weight excluding hydrogens is 372 g/mol. The van der Waals surface area contributed by atoms with Crippen molar-refractivity contribution >= 4 is 0 Å². The van der Waals surface area contributed by atoms with E-state index in [-0.39, 0.29) is 0 Å². The normalized spacial score (nSPS) is 29.4. The summed E-state index contributed by atoms with van der Waals surface area (Å²) in [5.41, 5.74) is 19.2. The molecule has 2 aliphatic rings. The van der Waals surface area contributed by atoms with Gasteiger partial charge in [0.2, 0.25) is 0 Å². The van der Waals surface area contributed by atoms with Crippen LogP contribution in [0.5, 0.6) is 0 Å². The van der Waals surface area contributed by atoms with E-state index < -0.39 is 0 Å². The predicted molar refractivity (Wildman–Crippen MR) is 136 cm³/mol. The monoisotopic (exact) mass is 416 g/mol. The molecule has 2 aromatic rings. The zero-order chi connectivity index (χ0) is 23.1. The highest BCUT2D eigenvalue weighted by Gasteiger charge is 2.44. The summed E-state index contributed by atoms with van der Waals surface area (Å²) < 4.78 is 0. The Morgan fingerprint density at radius 2 is 0.645 bits per heavy atom. The first kappa shape index (κ1) is 22.6. The summed E-state index contributed by atoms with van der Waals surface area (Å²) in [6.07, 6.45) is 1.31. The van der Waals surface area contributed by atoms with E-state index in [1.807, 2.05) is 0 Å². The third-order valence-corrected chi connectivity index (χ3v) is 10.6. The first-order valence-corrected chi connectivity index (χ1v) is 12.6. The molecule has 6 unspecified atom stereocenters. The van der Waals surface area contributed by atoms with Crippen LogP contribution in [0.4, 0.5) is 0 Å². The molecule has 0 aromatic heterocycles. The summed E-state index contributed by atoms with van der Waals surface area (Å²) in [5.74, 6) is 4.11. The van der Waals surface area contributed by atoms with Gasteiger partial charge in [-0.25, -0.2) is 0 Å². The maximum atomic E-state index is 2.53. The minimum atomic E-state index is 0.661. The summed E-state index contributed by atoms with van der Waals surface area (Å²) in [6.45, 7) is 28.9. The molecule has 0 amide bonds. The zero-order valence-corrected chi connectivity index (χ0v) is 22.2. The van der Waals surface area contributed by atoms with Crippen molar-refractivity contribution in [2.45, 2.75) is 113 Å². The Balaban J connectivity index is 1.87. The van der Waals surface area contributed by atoms with Crippen LogP contribution in [-0.2, 0) is 0 Å². The molecule has 0 nitrogen and oxygen atoms in total. The van der Waals surface area contributed by atoms with Crippen molar-refractivity contribution in [1.82, 2.24) is 0 Å². The van der Waals surface area contributed by atoms with E-state index in [0.717, 1.165) is 0 Å². The van der Waals surface area contributed by atoms with Crippen molar-refractivity contribution in [1.29, 1.82) is 0 Å². The van der Waals surface area contributed by atoms with Crippen LogP contribution in [0.25, 0.3) is 0 Å². The SMILES string of the molecule is Cc1c(C)c(C)c2c(c1C)C(C)C(C)C2CC1c2c(C)c(C)c(C)c(C)c2C(C)C1C. The van der Waals surface area contributed by atoms with Crippen LogP contribution in [0.1, 0.15) is 125 Å². The quantitative estimate of drug-likeness (QED) is 0.458. The van der Waals surface area contributed by atoms with Crippen molar-refractivity contribution < 1.29 is 0 Å². The zero-order valence-electron chi connectivity index (χ0n) is 22.2. The fourth-order valence-corrected chi connectivity index (χ4v) is 7.56. The molecule has 0 N–H and O–H groups in total. The smallest absolute Gasteiger partial charge is 0.0119 e. The van der Waals surface area contributed by atoms with Crippen molar-refractivity contribution in [2.75, 3.05) is 0 Å². The molecule has 31 heavy (non-hydrogen) atoms. The van der Waals surface area contributed by atoms with Gasteiger partial charge in [-0.2, -0.15) is 0 Å². The third-order valence-electron chi connectivity index (χ3n) is 10.6. The molecule has 0 spiro atoms. The third kappa shape index (κ3) is 2.93. The highest BCUT2D eigenvalue weighted by molar-refractivity contribution is 5.58. The molecule has 2 aliphatic carbocycles. The van der Waals surface area contributed by atoms with Crippen LogP contribution in [0, 0.1) is 67.2 Å². The maximum absolute atomic E-state index is 2.53. The topological polar surface area (TPSA) is 0 Å². The van der Waals surface area contributed by atoms with Crippen molar-refractivity contribution in [3.63, 3.8) is 0 Å². The molecule has 6 atom stereocenters. The molecule has 2 aromatic carbocycles. The molecule has 0 aliphatic heterocycles. The van der Waals surface area contributed by atoms with Gasteiger partial charge in [-0.15, -0.1) is 0 Å².